The molecule has 7 heteroatoms. The molecule has 1 aliphatic rings. The van der Waals surface area contributed by atoms with Gasteiger partial charge in [-0.05, 0) is 23.9 Å². The van der Waals surface area contributed by atoms with Gasteiger partial charge in [0.15, 0.2) is 0 Å². The van der Waals surface area contributed by atoms with Crippen LogP contribution in [0.25, 0.3) is 17.0 Å². The third-order valence-corrected chi connectivity index (χ3v) is 4.50. The molecule has 0 bridgehead atoms. The lowest BCUT2D eigenvalue weighted by atomic mass is 10.1. The molecular formula is C17H14N2O4S. The first-order valence-electron chi connectivity index (χ1n) is 7.17. The molecule has 0 spiro atoms. The fourth-order valence-electron chi connectivity index (χ4n) is 2.59. The van der Waals surface area contributed by atoms with Crippen LogP contribution < -0.4 is 0 Å². The van der Waals surface area contributed by atoms with Crippen molar-refractivity contribution in [2.75, 3.05) is 6.54 Å². The number of imide groups is 1. The molecular weight excluding hydrogens is 328 g/mol. The number of nitrogens with zero attached hydrogens (tertiary/aromatic N) is 2. The summed E-state index contributed by atoms with van der Waals surface area (Å²) in [7, 11) is 0. The van der Waals surface area contributed by atoms with Gasteiger partial charge >= 0.3 is 5.97 Å². The Morgan fingerprint density at radius 3 is 2.75 bits per heavy atom. The number of hydrogen-bond acceptors (Lipinski definition) is 4. The summed E-state index contributed by atoms with van der Waals surface area (Å²) >= 11 is 0.873. The Bertz CT molecular complexity index is 897. The van der Waals surface area contributed by atoms with Crippen LogP contribution >= 0.6 is 11.8 Å². The standard InChI is InChI=1S/C17H14N2O4S/c1-2-7-19-16(22)14(24-17(19)23)8-11-9-18(10-15(20)21)13-6-4-3-5-12(11)13/h2-6,8-9H,1,7,10H2,(H,20,21). The first-order valence-corrected chi connectivity index (χ1v) is 7.99. The van der Waals surface area contributed by atoms with Crippen molar-refractivity contribution in [1.29, 1.82) is 0 Å². The highest BCUT2D eigenvalue weighted by Gasteiger charge is 2.34. The number of carbonyl (C=O) groups excluding carboxylic acids is 2. The zero-order valence-electron chi connectivity index (χ0n) is 12.6. The Kier molecular flexibility index (Phi) is 4.26. The van der Waals surface area contributed by atoms with Gasteiger partial charge in [0, 0.05) is 29.2 Å². The molecule has 1 saturated heterocycles. The van der Waals surface area contributed by atoms with Gasteiger partial charge in [0.25, 0.3) is 11.1 Å². The molecule has 1 fully saturated rings. The van der Waals surface area contributed by atoms with Gasteiger partial charge in [-0.2, -0.15) is 0 Å². The lowest BCUT2D eigenvalue weighted by Crippen LogP contribution is -2.27. The van der Waals surface area contributed by atoms with Crippen molar-refractivity contribution in [1.82, 2.24) is 9.47 Å². The predicted octanol–water partition coefficient (Wildman–Crippen LogP) is 2.95. The second-order valence-corrected chi connectivity index (χ2v) is 6.20. The SMILES string of the molecule is C=CCN1C(=O)SC(=Cc2cn(CC(=O)O)c3ccccc23)C1=O. The topological polar surface area (TPSA) is 79.6 Å². The van der Waals surface area contributed by atoms with Crippen LogP contribution in [-0.4, -0.2) is 38.2 Å². The minimum Gasteiger partial charge on any atom is -0.480 e. The molecule has 6 nitrogen and oxygen atoms in total. The third-order valence-electron chi connectivity index (χ3n) is 3.60. The van der Waals surface area contributed by atoms with Gasteiger partial charge in [0.05, 0.1) is 4.91 Å². The van der Waals surface area contributed by atoms with Gasteiger partial charge in [-0.15, -0.1) is 6.58 Å². The number of hydrogen-bond donors (Lipinski definition) is 1. The molecule has 0 saturated carbocycles. The van der Waals surface area contributed by atoms with Crippen LogP contribution in [0.15, 0.2) is 48.0 Å². The van der Waals surface area contributed by atoms with E-state index in [-0.39, 0.29) is 24.2 Å². The van der Waals surface area contributed by atoms with Gasteiger partial charge in [0.2, 0.25) is 0 Å². The van der Waals surface area contributed by atoms with E-state index in [0.717, 1.165) is 27.6 Å². The third kappa shape index (κ3) is 2.85. The van der Waals surface area contributed by atoms with Crippen molar-refractivity contribution in [2.24, 2.45) is 0 Å². The molecule has 1 aromatic carbocycles. The molecule has 1 aromatic heterocycles. The van der Waals surface area contributed by atoms with E-state index in [4.69, 9.17) is 5.11 Å². The summed E-state index contributed by atoms with van der Waals surface area (Å²) in [6.07, 6.45) is 4.81. The Hall–Kier alpha value is -2.80. The van der Waals surface area contributed by atoms with Gasteiger partial charge in [0.1, 0.15) is 6.54 Å². The summed E-state index contributed by atoms with van der Waals surface area (Å²) in [5.41, 5.74) is 1.47. The number of carbonyl (C=O) groups is 3. The molecule has 24 heavy (non-hydrogen) atoms. The molecule has 2 heterocycles. The highest BCUT2D eigenvalue weighted by Crippen LogP contribution is 2.34. The molecule has 0 radical (unpaired) electrons. The van der Waals surface area contributed by atoms with Gasteiger partial charge < -0.3 is 9.67 Å². The monoisotopic (exact) mass is 342 g/mol. The minimum absolute atomic E-state index is 0.169. The molecule has 0 aliphatic carbocycles. The van der Waals surface area contributed by atoms with Crippen molar-refractivity contribution < 1.29 is 19.5 Å². The first kappa shape index (κ1) is 16.1. The Morgan fingerprint density at radius 1 is 1.29 bits per heavy atom. The maximum Gasteiger partial charge on any atom is 0.323 e. The van der Waals surface area contributed by atoms with E-state index in [2.05, 4.69) is 6.58 Å². The normalized spacial score (nSPS) is 16.3. The van der Waals surface area contributed by atoms with E-state index in [1.54, 1.807) is 16.8 Å². The van der Waals surface area contributed by atoms with E-state index in [1.807, 2.05) is 24.3 Å². The summed E-state index contributed by atoms with van der Waals surface area (Å²) in [4.78, 5) is 36.6. The Morgan fingerprint density at radius 2 is 2.04 bits per heavy atom. The predicted molar refractivity (Wildman–Crippen MR) is 92.4 cm³/mol. The summed E-state index contributed by atoms with van der Waals surface area (Å²) in [6.45, 7) is 3.54. The number of rotatable bonds is 5. The van der Waals surface area contributed by atoms with E-state index in [1.165, 1.54) is 6.08 Å². The summed E-state index contributed by atoms with van der Waals surface area (Å²) in [5.74, 6) is -1.31. The molecule has 3 rings (SSSR count). The molecule has 2 amide bonds. The minimum atomic E-state index is -0.950. The molecule has 0 atom stereocenters. The Balaban J connectivity index is 2.04. The maximum atomic E-state index is 12.3. The van der Waals surface area contributed by atoms with E-state index < -0.39 is 5.97 Å². The van der Waals surface area contributed by atoms with Crippen LogP contribution in [0.2, 0.25) is 0 Å². The molecule has 1 aliphatic heterocycles. The average molecular weight is 342 g/mol. The number of aliphatic carboxylic acids is 1. The molecule has 0 unspecified atom stereocenters. The molecule has 2 aromatic rings. The highest BCUT2D eigenvalue weighted by molar-refractivity contribution is 8.18. The van der Waals surface area contributed by atoms with E-state index >= 15 is 0 Å². The smallest absolute Gasteiger partial charge is 0.323 e. The van der Waals surface area contributed by atoms with Gasteiger partial charge in [-0.25, -0.2) is 0 Å². The summed E-state index contributed by atoms with van der Waals surface area (Å²) in [5, 5.41) is 9.53. The Labute approximate surface area is 142 Å². The lowest BCUT2D eigenvalue weighted by Gasteiger charge is -2.07. The number of amides is 2. The zero-order valence-corrected chi connectivity index (χ0v) is 13.5. The van der Waals surface area contributed by atoms with Crippen LogP contribution in [0, 0.1) is 0 Å². The zero-order chi connectivity index (χ0) is 17.3. The fraction of sp³-hybridized carbons (Fsp3) is 0.118. The van der Waals surface area contributed by atoms with E-state index in [9.17, 15) is 14.4 Å². The highest BCUT2D eigenvalue weighted by atomic mass is 32.2. The summed E-state index contributed by atoms with van der Waals surface area (Å²) in [6, 6.07) is 7.34. The number of para-hydroxylation sites is 1. The van der Waals surface area contributed by atoms with Gasteiger partial charge in [-0.3, -0.25) is 19.3 Å². The van der Waals surface area contributed by atoms with Crippen molar-refractivity contribution in [3.8, 4) is 0 Å². The van der Waals surface area contributed by atoms with Crippen molar-refractivity contribution in [3.63, 3.8) is 0 Å². The second kappa shape index (κ2) is 6.37. The van der Waals surface area contributed by atoms with Crippen molar-refractivity contribution >= 4 is 45.9 Å². The van der Waals surface area contributed by atoms with Gasteiger partial charge in [-0.1, -0.05) is 24.3 Å². The largest absolute Gasteiger partial charge is 0.480 e. The van der Waals surface area contributed by atoms with Crippen LogP contribution in [0.4, 0.5) is 4.79 Å². The van der Waals surface area contributed by atoms with Crippen LogP contribution in [0.1, 0.15) is 5.56 Å². The fourth-order valence-corrected chi connectivity index (χ4v) is 3.43. The number of fused-ring (bicyclic) bond motifs is 1. The average Bonchev–Trinajstić information content (AvgIpc) is 3.01. The van der Waals surface area contributed by atoms with Crippen LogP contribution in [-0.2, 0) is 16.1 Å². The summed E-state index contributed by atoms with van der Waals surface area (Å²) < 4.78 is 1.61. The second-order valence-electron chi connectivity index (χ2n) is 5.20. The molecule has 1 N–H and O–H groups in total. The van der Waals surface area contributed by atoms with Crippen molar-refractivity contribution in [3.05, 3.63) is 53.6 Å². The maximum absolute atomic E-state index is 12.3. The quantitative estimate of drug-likeness (QED) is 0.667. The first-order chi connectivity index (χ1) is 11.5. The van der Waals surface area contributed by atoms with Crippen LogP contribution in [0.5, 0.6) is 0 Å². The number of aromatic nitrogens is 1. The lowest BCUT2D eigenvalue weighted by molar-refractivity contribution is -0.137. The van der Waals surface area contributed by atoms with Crippen LogP contribution in [0.3, 0.4) is 0 Å². The number of thioether (sulfide) groups is 1. The number of carboxylic acids is 1. The van der Waals surface area contributed by atoms with E-state index in [0.29, 0.717) is 10.5 Å². The van der Waals surface area contributed by atoms with Crippen molar-refractivity contribution in [2.45, 2.75) is 6.54 Å². The number of carboxylic acid groups (broad SMARTS) is 1. The number of benzene rings is 1. The molecule has 122 valence electrons.